The predicted molar refractivity (Wildman–Crippen MR) is 233 cm³/mol. The fraction of sp³-hybridized carbons (Fsp3) is 0. The predicted octanol–water partition coefficient (Wildman–Crippen LogP) is 15.3. The highest BCUT2D eigenvalue weighted by atomic mass is 32.1. The van der Waals surface area contributed by atoms with Gasteiger partial charge in [0.05, 0.1) is 5.69 Å². The second-order valence-corrected chi connectivity index (χ2v) is 14.8. The molecular weight excluding hydrogens is 671 g/mol. The van der Waals surface area contributed by atoms with E-state index in [1.54, 1.807) is 0 Å². The van der Waals surface area contributed by atoms with Gasteiger partial charge in [0.15, 0.2) is 0 Å². The van der Waals surface area contributed by atoms with Crippen LogP contribution in [0.3, 0.4) is 0 Å². The Kier molecular flexibility index (Phi) is 8.09. The van der Waals surface area contributed by atoms with Crippen LogP contribution in [0.15, 0.2) is 212 Å². The van der Waals surface area contributed by atoms with Crippen molar-refractivity contribution < 1.29 is 0 Å². The molecule has 0 N–H and O–H groups in total. The molecule has 0 aliphatic carbocycles. The van der Waals surface area contributed by atoms with E-state index < -0.39 is 0 Å². The summed E-state index contributed by atoms with van der Waals surface area (Å²) in [6.45, 7) is 0. The molecule has 9 aromatic carbocycles. The lowest BCUT2D eigenvalue weighted by atomic mass is 9.93. The highest BCUT2D eigenvalue weighted by Crippen LogP contribution is 2.46. The quantitative estimate of drug-likeness (QED) is 0.160. The minimum absolute atomic E-state index is 1.10. The van der Waals surface area contributed by atoms with Crippen molar-refractivity contribution in [3.05, 3.63) is 212 Å². The fourth-order valence-corrected chi connectivity index (χ4v) is 9.08. The molecule has 2 heteroatoms. The lowest BCUT2D eigenvalue weighted by Crippen LogP contribution is -2.11. The van der Waals surface area contributed by atoms with Crippen molar-refractivity contribution in [2.24, 2.45) is 0 Å². The molecule has 0 aliphatic rings. The first-order chi connectivity index (χ1) is 26.8. The number of benzene rings is 9. The summed E-state index contributed by atoms with van der Waals surface area (Å²) in [5.74, 6) is 0. The molecule has 1 nitrogen and oxygen atoms in total. The molecule has 0 radical (unpaired) electrons. The van der Waals surface area contributed by atoms with Gasteiger partial charge in [-0.3, -0.25) is 0 Å². The SMILES string of the molecule is c1ccc(-c2ccc(N(c3ccc(-c4ccccc4-c4ccc5ccccc5c4)cc3)c3ccccc3-c3cccc4c3sc3ccccc34)cc2)cc1. The molecule has 10 rings (SSSR count). The van der Waals surface area contributed by atoms with Gasteiger partial charge in [-0.1, -0.05) is 170 Å². The van der Waals surface area contributed by atoms with Gasteiger partial charge >= 0.3 is 0 Å². The van der Waals surface area contributed by atoms with Crippen LogP contribution in [0.25, 0.3) is 75.5 Å². The highest BCUT2D eigenvalue weighted by molar-refractivity contribution is 7.26. The number of hydrogen-bond acceptors (Lipinski definition) is 2. The van der Waals surface area contributed by atoms with E-state index in [0.29, 0.717) is 0 Å². The fourth-order valence-electron chi connectivity index (χ4n) is 7.85. The highest BCUT2D eigenvalue weighted by Gasteiger charge is 2.20. The van der Waals surface area contributed by atoms with Gasteiger partial charge in [-0.05, 0) is 86.6 Å². The van der Waals surface area contributed by atoms with Crippen molar-refractivity contribution in [1.82, 2.24) is 0 Å². The van der Waals surface area contributed by atoms with Crippen LogP contribution in [0.5, 0.6) is 0 Å². The average Bonchev–Trinajstić information content (AvgIpc) is 3.64. The maximum absolute atomic E-state index is 2.41. The zero-order chi connectivity index (χ0) is 35.8. The molecule has 0 amide bonds. The lowest BCUT2D eigenvalue weighted by molar-refractivity contribution is 1.28. The third-order valence-corrected chi connectivity index (χ3v) is 11.7. The number of thiophene rings is 1. The van der Waals surface area contributed by atoms with E-state index in [1.165, 1.54) is 75.5 Å². The monoisotopic (exact) mass is 705 g/mol. The molecule has 0 atom stereocenters. The summed E-state index contributed by atoms with van der Waals surface area (Å²) in [4.78, 5) is 2.41. The normalized spacial score (nSPS) is 11.3. The molecule has 1 aromatic heterocycles. The largest absolute Gasteiger partial charge is 0.310 e. The molecule has 1 heterocycles. The van der Waals surface area contributed by atoms with Gasteiger partial charge in [0.25, 0.3) is 0 Å². The Hall–Kier alpha value is -6.74. The van der Waals surface area contributed by atoms with Crippen LogP contribution >= 0.6 is 11.3 Å². The van der Waals surface area contributed by atoms with Crippen LogP contribution in [-0.4, -0.2) is 0 Å². The Morgan fingerprint density at radius 2 is 0.852 bits per heavy atom. The maximum Gasteiger partial charge on any atom is 0.0540 e. The molecule has 0 bridgehead atoms. The topological polar surface area (TPSA) is 3.24 Å². The molecule has 0 spiro atoms. The smallest absolute Gasteiger partial charge is 0.0540 e. The van der Waals surface area contributed by atoms with E-state index in [9.17, 15) is 0 Å². The number of anilines is 3. The number of para-hydroxylation sites is 1. The summed E-state index contributed by atoms with van der Waals surface area (Å²) >= 11 is 1.88. The molecule has 0 saturated heterocycles. The average molecular weight is 706 g/mol. The van der Waals surface area contributed by atoms with Crippen molar-refractivity contribution in [2.45, 2.75) is 0 Å². The first-order valence-electron chi connectivity index (χ1n) is 18.4. The van der Waals surface area contributed by atoms with Gasteiger partial charge in [0.2, 0.25) is 0 Å². The molecule has 10 aromatic rings. The molecule has 0 fully saturated rings. The van der Waals surface area contributed by atoms with Crippen molar-refractivity contribution in [1.29, 1.82) is 0 Å². The summed E-state index contributed by atoms with van der Waals surface area (Å²) in [5, 5.41) is 5.11. The summed E-state index contributed by atoms with van der Waals surface area (Å²) in [7, 11) is 0. The van der Waals surface area contributed by atoms with Crippen molar-refractivity contribution in [3.8, 4) is 44.5 Å². The van der Waals surface area contributed by atoms with Crippen LogP contribution in [0.4, 0.5) is 17.1 Å². The molecule has 254 valence electrons. The van der Waals surface area contributed by atoms with Gasteiger partial charge in [0.1, 0.15) is 0 Å². The molecular formula is C52H35NS. The Balaban J connectivity index is 1.11. The Morgan fingerprint density at radius 3 is 1.63 bits per heavy atom. The number of rotatable bonds is 7. The Bertz CT molecular complexity index is 2920. The first kappa shape index (κ1) is 32.0. The van der Waals surface area contributed by atoms with Gasteiger partial charge in [-0.2, -0.15) is 0 Å². The number of fused-ring (bicyclic) bond motifs is 4. The van der Waals surface area contributed by atoms with Crippen LogP contribution in [0, 0.1) is 0 Å². The summed E-state index contributed by atoms with van der Waals surface area (Å²) in [6, 6.07) is 77.1. The van der Waals surface area contributed by atoms with Gasteiger partial charge in [-0.15, -0.1) is 11.3 Å². The van der Waals surface area contributed by atoms with Gasteiger partial charge in [-0.25, -0.2) is 0 Å². The third-order valence-electron chi connectivity index (χ3n) is 10.5. The maximum atomic E-state index is 2.41. The molecule has 0 unspecified atom stereocenters. The summed E-state index contributed by atoms with van der Waals surface area (Å²) < 4.78 is 2.62. The Labute approximate surface area is 319 Å². The standard InChI is InChI=1S/C52H35NS/c1-2-13-36(14-3-1)38-27-31-42(32-28-38)53(50-23-10-8-19-46(50)48-21-12-22-49-47-20-9-11-24-51(47)54-52(48)49)43-33-29-39(30-34-43)44-17-6-7-18-45(44)41-26-25-37-15-4-5-16-40(37)35-41/h1-35H. The van der Waals surface area contributed by atoms with Crippen molar-refractivity contribution in [2.75, 3.05) is 4.90 Å². The zero-order valence-electron chi connectivity index (χ0n) is 29.6. The van der Waals surface area contributed by atoms with E-state index in [2.05, 4.69) is 217 Å². The second-order valence-electron chi connectivity index (χ2n) is 13.7. The van der Waals surface area contributed by atoms with E-state index in [1.807, 2.05) is 11.3 Å². The molecule has 0 saturated carbocycles. The number of hydrogen-bond donors (Lipinski definition) is 0. The second kappa shape index (κ2) is 13.7. The molecule has 0 aliphatic heterocycles. The van der Waals surface area contributed by atoms with Gasteiger partial charge < -0.3 is 4.90 Å². The van der Waals surface area contributed by atoms with Crippen molar-refractivity contribution in [3.63, 3.8) is 0 Å². The number of nitrogens with zero attached hydrogens (tertiary/aromatic N) is 1. The van der Waals surface area contributed by atoms with Crippen LogP contribution < -0.4 is 4.90 Å². The van der Waals surface area contributed by atoms with E-state index in [-0.39, 0.29) is 0 Å². The van der Waals surface area contributed by atoms with Crippen LogP contribution in [-0.2, 0) is 0 Å². The third kappa shape index (κ3) is 5.74. The first-order valence-corrected chi connectivity index (χ1v) is 19.2. The van der Waals surface area contributed by atoms with Crippen LogP contribution in [0.2, 0.25) is 0 Å². The van der Waals surface area contributed by atoms with Crippen molar-refractivity contribution >= 4 is 59.3 Å². The van der Waals surface area contributed by atoms with E-state index in [0.717, 1.165) is 17.1 Å². The summed E-state index contributed by atoms with van der Waals surface area (Å²) in [6.07, 6.45) is 0. The zero-order valence-corrected chi connectivity index (χ0v) is 30.4. The van der Waals surface area contributed by atoms with Gasteiger partial charge in [0, 0.05) is 42.7 Å². The molecule has 54 heavy (non-hydrogen) atoms. The van der Waals surface area contributed by atoms with Crippen LogP contribution in [0.1, 0.15) is 0 Å². The lowest BCUT2D eigenvalue weighted by Gasteiger charge is -2.28. The van der Waals surface area contributed by atoms with E-state index >= 15 is 0 Å². The minimum atomic E-state index is 1.10. The van der Waals surface area contributed by atoms with E-state index in [4.69, 9.17) is 0 Å². The Morgan fingerprint density at radius 1 is 0.315 bits per heavy atom. The minimum Gasteiger partial charge on any atom is -0.310 e. The summed E-state index contributed by atoms with van der Waals surface area (Å²) in [5.41, 5.74) is 13.1.